The molecule has 4 nitrogen and oxygen atoms in total. The fourth-order valence-electron chi connectivity index (χ4n) is 1.35. The van der Waals surface area contributed by atoms with E-state index in [0.29, 0.717) is 19.3 Å². The Morgan fingerprint density at radius 3 is 2.85 bits per heavy atom. The average Bonchev–Trinajstić information content (AvgIpc) is 2.28. The van der Waals surface area contributed by atoms with Crippen LogP contribution in [0.3, 0.4) is 0 Å². The molecule has 0 radical (unpaired) electrons. The van der Waals surface area contributed by atoms with Crippen LogP contribution in [0.1, 0.15) is 19.3 Å². The van der Waals surface area contributed by atoms with Crippen molar-refractivity contribution < 1.29 is 9.59 Å². The molecule has 0 amide bonds. The van der Waals surface area contributed by atoms with Gasteiger partial charge in [-0.1, -0.05) is 5.18 Å². The molecule has 0 saturated carbocycles. The maximum Gasteiger partial charge on any atom is 0.158 e. The van der Waals surface area contributed by atoms with Crippen molar-refractivity contribution in [1.82, 2.24) is 0 Å². The maximum atomic E-state index is 11.3. The predicted octanol–water partition coefficient (Wildman–Crippen LogP) is 1.25. The predicted molar refractivity (Wildman–Crippen MR) is 47.2 cm³/mol. The summed E-state index contributed by atoms with van der Waals surface area (Å²) < 4.78 is 0. The van der Waals surface area contributed by atoms with Crippen LogP contribution >= 0.6 is 0 Å². The highest BCUT2D eigenvalue weighted by atomic mass is 16.3. The Labute approximate surface area is 76.0 Å². The van der Waals surface area contributed by atoms with Gasteiger partial charge in [-0.15, -0.1) is 0 Å². The summed E-state index contributed by atoms with van der Waals surface area (Å²) >= 11 is 0. The summed E-state index contributed by atoms with van der Waals surface area (Å²) in [6.07, 6.45) is 4.02. The molecule has 0 bridgehead atoms. The number of nitroso groups, excluding NO2 is 1. The summed E-state index contributed by atoms with van der Waals surface area (Å²) in [5, 5.41) is 2.70. The van der Waals surface area contributed by atoms with Crippen LogP contribution in [-0.2, 0) is 9.59 Å². The second-order valence-corrected chi connectivity index (χ2v) is 3.08. The largest absolute Gasteiger partial charge is 0.295 e. The summed E-state index contributed by atoms with van der Waals surface area (Å²) in [6.45, 7) is 0.151. The van der Waals surface area contributed by atoms with Crippen LogP contribution in [0.15, 0.2) is 17.3 Å². The van der Waals surface area contributed by atoms with Gasteiger partial charge in [0.1, 0.15) is 0 Å². The zero-order chi connectivity index (χ0) is 9.68. The Morgan fingerprint density at radius 1 is 1.38 bits per heavy atom. The van der Waals surface area contributed by atoms with Crippen LogP contribution in [0.25, 0.3) is 0 Å². The normalized spacial score (nSPS) is 22.9. The van der Waals surface area contributed by atoms with Gasteiger partial charge in [0.15, 0.2) is 11.6 Å². The molecule has 0 saturated heterocycles. The first-order chi connectivity index (χ1) is 6.24. The third-order valence-electron chi connectivity index (χ3n) is 2.14. The molecule has 1 unspecified atom stereocenters. The van der Waals surface area contributed by atoms with Crippen molar-refractivity contribution >= 4 is 11.6 Å². The molecule has 0 fully saturated rings. The Bertz CT molecular complexity index is 258. The molecule has 0 aromatic rings. The van der Waals surface area contributed by atoms with Gasteiger partial charge >= 0.3 is 0 Å². The second-order valence-electron chi connectivity index (χ2n) is 3.08. The van der Waals surface area contributed by atoms with E-state index < -0.39 is 0 Å². The summed E-state index contributed by atoms with van der Waals surface area (Å²) in [7, 11) is 0. The molecular weight excluding hydrogens is 170 g/mol. The van der Waals surface area contributed by atoms with E-state index in [1.807, 2.05) is 0 Å². The van der Waals surface area contributed by atoms with Gasteiger partial charge in [0, 0.05) is 12.3 Å². The lowest BCUT2D eigenvalue weighted by Gasteiger charge is -2.07. The number of carbonyl (C=O) groups is 2. The third kappa shape index (κ3) is 2.89. The molecule has 0 aliphatic heterocycles. The Kier molecular flexibility index (Phi) is 3.49. The van der Waals surface area contributed by atoms with Gasteiger partial charge in [-0.05, 0) is 25.0 Å². The molecule has 0 N–H and O–H groups in total. The first-order valence-corrected chi connectivity index (χ1v) is 4.28. The number of hydrogen-bond donors (Lipinski definition) is 0. The number of carbonyl (C=O) groups excluding carboxylic acids is 2. The van der Waals surface area contributed by atoms with E-state index in [1.165, 1.54) is 12.2 Å². The van der Waals surface area contributed by atoms with Crippen LogP contribution in [0.4, 0.5) is 0 Å². The highest BCUT2D eigenvalue weighted by molar-refractivity contribution is 6.01. The average molecular weight is 181 g/mol. The van der Waals surface area contributed by atoms with Crippen molar-refractivity contribution in [2.45, 2.75) is 19.3 Å². The van der Waals surface area contributed by atoms with Crippen molar-refractivity contribution in [3.05, 3.63) is 17.1 Å². The second kappa shape index (κ2) is 4.64. The molecular formula is C9H11NO3. The quantitative estimate of drug-likeness (QED) is 0.615. The minimum atomic E-state index is -0.194. The van der Waals surface area contributed by atoms with Crippen LogP contribution in [0, 0.1) is 10.8 Å². The van der Waals surface area contributed by atoms with E-state index in [2.05, 4.69) is 5.18 Å². The minimum absolute atomic E-state index is 0.0186. The van der Waals surface area contributed by atoms with Crippen LogP contribution < -0.4 is 0 Å². The van der Waals surface area contributed by atoms with Crippen molar-refractivity contribution in [2.24, 2.45) is 11.1 Å². The number of allylic oxidation sites excluding steroid dienone is 2. The van der Waals surface area contributed by atoms with Gasteiger partial charge < -0.3 is 0 Å². The Morgan fingerprint density at radius 2 is 2.15 bits per heavy atom. The summed E-state index contributed by atoms with van der Waals surface area (Å²) in [6, 6.07) is 0. The standard InChI is InChI=1S/C9H11NO3/c11-8-2-1-7(5-6-10-13)9(12)4-3-8/h3-4,7H,1-2,5-6H2. The van der Waals surface area contributed by atoms with Gasteiger partial charge in [-0.25, -0.2) is 0 Å². The smallest absolute Gasteiger partial charge is 0.158 e. The van der Waals surface area contributed by atoms with Gasteiger partial charge in [0.25, 0.3) is 0 Å². The van der Waals surface area contributed by atoms with Crippen LogP contribution in [0.2, 0.25) is 0 Å². The first kappa shape index (κ1) is 9.77. The first-order valence-electron chi connectivity index (χ1n) is 4.28. The molecule has 70 valence electrons. The highest BCUT2D eigenvalue weighted by Gasteiger charge is 2.19. The Hall–Kier alpha value is -1.32. The van der Waals surface area contributed by atoms with E-state index in [4.69, 9.17) is 0 Å². The van der Waals surface area contributed by atoms with E-state index in [0.717, 1.165) is 0 Å². The van der Waals surface area contributed by atoms with E-state index in [-0.39, 0.29) is 24.0 Å². The monoisotopic (exact) mass is 181 g/mol. The summed E-state index contributed by atoms with van der Waals surface area (Å²) in [5.74, 6) is -0.273. The highest BCUT2D eigenvalue weighted by Crippen LogP contribution is 2.17. The van der Waals surface area contributed by atoms with Crippen molar-refractivity contribution in [3.63, 3.8) is 0 Å². The number of nitrogens with zero attached hydrogens (tertiary/aromatic N) is 1. The lowest BCUT2D eigenvalue weighted by Crippen LogP contribution is -2.12. The van der Waals surface area contributed by atoms with Gasteiger partial charge in [-0.2, -0.15) is 4.91 Å². The number of rotatable bonds is 3. The van der Waals surface area contributed by atoms with Crippen LogP contribution in [0.5, 0.6) is 0 Å². The van der Waals surface area contributed by atoms with E-state index >= 15 is 0 Å². The molecule has 0 aromatic heterocycles. The van der Waals surface area contributed by atoms with Crippen LogP contribution in [-0.4, -0.2) is 18.1 Å². The topological polar surface area (TPSA) is 63.6 Å². The zero-order valence-corrected chi connectivity index (χ0v) is 7.23. The molecule has 0 heterocycles. The SMILES string of the molecule is O=NCCC1CCC(=O)C=CC1=O. The minimum Gasteiger partial charge on any atom is -0.295 e. The molecule has 0 spiro atoms. The lowest BCUT2D eigenvalue weighted by atomic mass is 9.96. The van der Waals surface area contributed by atoms with Gasteiger partial charge in [0.05, 0.1) is 6.54 Å². The molecule has 1 atom stereocenters. The molecule has 1 aliphatic rings. The van der Waals surface area contributed by atoms with E-state index in [9.17, 15) is 14.5 Å². The zero-order valence-electron chi connectivity index (χ0n) is 7.23. The lowest BCUT2D eigenvalue weighted by molar-refractivity contribution is -0.118. The fraction of sp³-hybridized carbons (Fsp3) is 0.556. The molecule has 1 aliphatic carbocycles. The summed E-state index contributed by atoms with van der Waals surface area (Å²) in [4.78, 5) is 32.1. The molecule has 13 heavy (non-hydrogen) atoms. The Balaban J connectivity index is 2.55. The third-order valence-corrected chi connectivity index (χ3v) is 2.14. The molecule has 1 rings (SSSR count). The molecule has 0 aromatic carbocycles. The van der Waals surface area contributed by atoms with E-state index in [1.54, 1.807) is 0 Å². The maximum absolute atomic E-state index is 11.3. The van der Waals surface area contributed by atoms with Gasteiger partial charge in [0.2, 0.25) is 0 Å². The van der Waals surface area contributed by atoms with Crippen molar-refractivity contribution in [2.75, 3.05) is 6.54 Å². The summed E-state index contributed by atoms with van der Waals surface area (Å²) in [5.41, 5.74) is 0. The number of ketones is 2. The van der Waals surface area contributed by atoms with Gasteiger partial charge in [-0.3, -0.25) is 9.59 Å². The van der Waals surface area contributed by atoms with Crippen molar-refractivity contribution in [3.8, 4) is 0 Å². The molecule has 4 heteroatoms. The number of hydrogen-bond acceptors (Lipinski definition) is 4. The fourth-order valence-corrected chi connectivity index (χ4v) is 1.35. The van der Waals surface area contributed by atoms with Crippen molar-refractivity contribution in [1.29, 1.82) is 0 Å².